The zero-order valence-corrected chi connectivity index (χ0v) is 12.1. The first-order valence-corrected chi connectivity index (χ1v) is 6.95. The molecular formula is C17H22N2O. The van der Waals surface area contributed by atoms with Gasteiger partial charge in [-0.15, -0.1) is 0 Å². The van der Waals surface area contributed by atoms with E-state index in [1.165, 1.54) is 0 Å². The quantitative estimate of drug-likeness (QED) is 0.782. The molecule has 0 saturated heterocycles. The molecule has 0 aliphatic heterocycles. The Labute approximate surface area is 120 Å². The SMILES string of the molecule is CC(C)CNc1ccc(OCc2ccccc2)cc1N. The third kappa shape index (κ3) is 4.19. The fourth-order valence-electron chi connectivity index (χ4n) is 1.85. The average molecular weight is 270 g/mol. The van der Waals surface area contributed by atoms with Crippen LogP contribution in [0.2, 0.25) is 0 Å². The number of hydrogen-bond acceptors (Lipinski definition) is 3. The number of benzene rings is 2. The van der Waals surface area contributed by atoms with E-state index in [1.807, 2.05) is 48.5 Å². The highest BCUT2D eigenvalue weighted by molar-refractivity contribution is 5.68. The van der Waals surface area contributed by atoms with Gasteiger partial charge < -0.3 is 15.8 Å². The zero-order valence-electron chi connectivity index (χ0n) is 12.1. The van der Waals surface area contributed by atoms with Crippen molar-refractivity contribution in [3.05, 3.63) is 54.1 Å². The Hall–Kier alpha value is -2.16. The summed E-state index contributed by atoms with van der Waals surface area (Å²) in [6.07, 6.45) is 0. The Balaban J connectivity index is 1.95. The Morgan fingerprint density at radius 3 is 2.50 bits per heavy atom. The number of rotatable bonds is 6. The Kier molecular flexibility index (Phi) is 4.88. The summed E-state index contributed by atoms with van der Waals surface area (Å²) in [6, 6.07) is 15.9. The predicted molar refractivity (Wildman–Crippen MR) is 85.0 cm³/mol. The lowest BCUT2D eigenvalue weighted by molar-refractivity contribution is 0.306. The van der Waals surface area contributed by atoms with Gasteiger partial charge in [-0.3, -0.25) is 0 Å². The highest BCUT2D eigenvalue weighted by atomic mass is 16.5. The van der Waals surface area contributed by atoms with E-state index < -0.39 is 0 Å². The summed E-state index contributed by atoms with van der Waals surface area (Å²) in [5, 5.41) is 3.33. The van der Waals surface area contributed by atoms with Crippen molar-refractivity contribution in [3.63, 3.8) is 0 Å². The van der Waals surface area contributed by atoms with Crippen LogP contribution < -0.4 is 15.8 Å². The van der Waals surface area contributed by atoms with Gasteiger partial charge in [0.05, 0.1) is 11.4 Å². The van der Waals surface area contributed by atoms with Crippen LogP contribution in [0.25, 0.3) is 0 Å². The molecule has 0 saturated carbocycles. The molecule has 3 N–H and O–H groups in total. The number of ether oxygens (including phenoxy) is 1. The molecule has 0 unspecified atom stereocenters. The summed E-state index contributed by atoms with van der Waals surface area (Å²) in [5.74, 6) is 1.38. The molecule has 3 heteroatoms. The van der Waals surface area contributed by atoms with Gasteiger partial charge in [-0.1, -0.05) is 44.2 Å². The van der Waals surface area contributed by atoms with E-state index >= 15 is 0 Å². The van der Waals surface area contributed by atoms with Gasteiger partial charge in [0.15, 0.2) is 0 Å². The van der Waals surface area contributed by atoms with Crippen LogP contribution in [0.1, 0.15) is 19.4 Å². The second-order valence-corrected chi connectivity index (χ2v) is 5.30. The molecule has 0 radical (unpaired) electrons. The monoisotopic (exact) mass is 270 g/mol. The van der Waals surface area contributed by atoms with Gasteiger partial charge in [0.1, 0.15) is 12.4 Å². The molecule has 0 amide bonds. The second kappa shape index (κ2) is 6.85. The van der Waals surface area contributed by atoms with E-state index in [2.05, 4.69) is 19.2 Å². The van der Waals surface area contributed by atoms with Crippen LogP contribution in [0.15, 0.2) is 48.5 Å². The molecule has 0 aliphatic rings. The van der Waals surface area contributed by atoms with E-state index in [9.17, 15) is 0 Å². The molecule has 0 heterocycles. The van der Waals surface area contributed by atoms with Crippen molar-refractivity contribution < 1.29 is 4.74 Å². The molecule has 0 bridgehead atoms. The lowest BCUT2D eigenvalue weighted by Gasteiger charge is -2.13. The molecule has 0 atom stereocenters. The summed E-state index contributed by atoms with van der Waals surface area (Å²) >= 11 is 0. The van der Waals surface area contributed by atoms with Crippen molar-refractivity contribution in [2.45, 2.75) is 20.5 Å². The Morgan fingerprint density at radius 2 is 1.85 bits per heavy atom. The van der Waals surface area contributed by atoms with E-state index in [0.29, 0.717) is 12.5 Å². The zero-order chi connectivity index (χ0) is 14.4. The number of hydrogen-bond donors (Lipinski definition) is 2. The first-order chi connectivity index (χ1) is 9.65. The van der Waals surface area contributed by atoms with Crippen LogP contribution in [-0.2, 0) is 6.61 Å². The molecule has 0 aromatic heterocycles. The van der Waals surface area contributed by atoms with Crippen molar-refractivity contribution in [2.75, 3.05) is 17.6 Å². The summed E-state index contributed by atoms with van der Waals surface area (Å²) in [5.41, 5.74) is 8.86. The Morgan fingerprint density at radius 1 is 1.10 bits per heavy atom. The topological polar surface area (TPSA) is 47.3 Å². The molecule has 0 fully saturated rings. The van der Waals surface area contributed by atoms with Crippen LogP contribution >= 0.6 is 0 Å². The molecule has 2 aromatic carbocycles. The molecule has 3 nitrogen and oxygen atoms in total. The maximum Gasteiger partial charge on any atom is 0.122 e. The lowest BCUT2D eigenvalue weighted by atomic mass is 10.2. The number of nitrogens with two attached hydrogens (primary N) is 1. The molecule has 0 spiro atoms. The summed E-state index contributed by atoms with van der Waals surface area (Å²) < 4.78 is 5.75. The highest BCUT2D eigenvalue weighted by Gasteiger charge is 2.03. The van der Waals surface area contributed by atoms with E-state index in [-0.39, 0.29) is 0 Å². The van der Waals surface area contributed by atoms with Crippen molar-refractivity contribution in [2.24, 2.45) is 5.92 Å². The molecule has 106 valence electrons. The van der Waals surface area contributed by atoms with E-state index in [1.54, 1.807) is 0 Å². The van der Waals surface area contributed by atoms with Gasteiger partial charge in [-0.05, 0) is 23.6 Å². The van der Waals surface area contributed by atoms with Crippen LogP contribution in [0.4, 0.5) is 11.4 Å². The average Bonchev–Trinajstić information content (AvgIpc) is 2.45. The van der Waals surface area contributed by atoms with Crippen molar-refractivity contribution in [1.29, 1.82) is 0 Å². The van der Waals surface area contributed by atoms with Crippen LogP contribution in [-0.4, -0.2) is 6.54 Å². The van der Waals surface area contributed by atoms with Gasteiger partial charge in [0, 0.05) is 12.6 Å². The number of anilines is 2. The normalized spacial score (nSPS) is 10.6. The minimum atomic E-state index is 0.555. The van der Waals surface area contributed by atoms with Gasteiger partial charge in [0.25, 0.3) is 0 Å². The first kappa shape index (κ1) is 14.3. The summed E-state index contributed by atoms with van der Waals surface area (Å²) in [4.78, 5) is 0. The fourth-order valence-corrected chi connectivity index (χ4v) is 1.85. The number of nitrogens with one attached hydrogen (secondary N) is 1. The molecule has 2 rings (SSSR count). The van der Waals surface area contributed by atoms with Crippen LogP contribution in [0.5, 0.6) is 5.75 Å². The highest BCUT2D eigenvalue weighted by Crippen LogP contribution is 2.25. The van der Waals surface area contributed by atoms with Crippen molar-refractivity contribution in [3.8, 4) is 5.75 Å². The van der Waals surface area contributed by atoms with Crippen LogP contribution in [0.3, 0.4) is 0 Å². The van der Waals surface area contributed by atoms with Gasteiger partial charge in [-0.25, -0.2) is 0 Å². The lowest BCUT2D eigenvalue weighted by Crippen LogP contribution is -2.09. The van der Waals surface area contributed by atoms with Gasteiger partial charge >= 0.3 is 0 Å². The second-order valence-electron chi connectivity index (χ2n) is 5.30. The maximum atomic E-state index is 6.03. The minimum absolute atomic E-state index is 0.555. The smallest absolute Gasteiger partial charge is 0.122 e. The molecule has 0 aliphatic carbocycles. The van der Waals surface area contributed by atoms with Gasteiger partial charge in [-0.2, -0.15) is 0 Å². The van der Waals surface area contributed by atoms with Gasteiger partial charge in [0.2, 0.25) is 0 Å². The first-order valence-electron chi connectivity index (χ1n) is 6.95. The summed E-state index contributed by atoms with van der Waals surface area (Å²) in [7, 11) is 0. The Bertz CT molecular complexity index is 538. The minimum Gasteiger partial charge on any atom is -0.489 e. The number of nitrogen functional groups attached to an aromatic ring is 1. The van der Waals surface area contributed by atoms with Crippen molar-refractivity contribution >= 4 is 11.4 Å². The third-order valence-corrected chi connectivity index (χ3v) is 2.97. The van der Waals surface area contributed by atoms with Crippen molar-refractivity contribution in [1.82, 2.24) is 0 Å². The maximum absolute atomic E-state index is 6.03. The van der Waals surface area contributed by atoms with E-state index in [0.717, 1.165) is 29.2 Å². The predicted octanol–water partition coefficient (Wildman–Crippen LogP) is 3.92. The molecule has 2 aromatic rings. The standard InChI is InChI=1S/C17H22N2O/c1-13(2)11-19-17-9-8-15(10-16(17)18)20-12-14-6-4-3-5-7-14/h3-10,13,19H,11-12,18H2,1-2H3. The summed E-state index contributed by atoms with van der Waals surface area (Å²) in [6.45, 7) is 5.80. The molecule has 20 heavy (non-hydrogen) atoms. The largest absolute Gasteiger partial charge is 0.489 e. The van der Waals surface area contributed by atoms with Crippen LogP contribution in [0, 0.1) is 5.92 Å². The molecular weight excluding hydrogens is 248 g/mol. The third-order valence-electron chi connectivity index (χ3n) is 2.97. The fraction of sp³-hybridized carbons (Fsp3) is 0.294. The van der Waals surface area contributed by atoms with E-state index in [4.69, 9.17) is 10.5 Å².